The van der Waals surface area contributed by atoms with Crippen LogP contribution in [-0.2, 0) is 11.2 Å². The van der Waals surface area contributed by atoms with Gasteiger partial charge in [-0.25, -0.2) is 0 Å². The molecular weight excluding hydrogens is 272 g/mol. The lowest BCUT2D eigenvalue weighted by molar-refractivity contribution is -0.143. The number of aliphatic carboxylic acids is 1. The maximum absolute atomic E-state index is 12.3. The first-order chi connectivity index (χ1) is 9.82. The summed E-state index contributed by atoms with van der Waals surface area (Å²) in [6.07, 6.45) is 1.74. The molecule has 1 aliphatic rings. The molecule has 0 unspecified atom stereocenters. The van der Waals surface area contributed by atoms with E-state index in [0.29, 0.717) is 41.8 Å². The quantitative estimate of drug-likeness (QED) is 0.695. The Bertz CT molecular complexity index is 611. The molecule has 1 aromatic rings. The molecule has 3 N–H and O–H groups in total. The van der Waals surface area contributed by atoms with Gasteiger partial charge in [-0.1, -0.05) is 6.92 Å². The number of nitrogens with one attached hydrogen (secondary N) is 2. The van der Waals surface area contributed by atoms with Crippen LogP contribution in [0.15, 0.2) is 0 Å². The Kier molecular flexibility index (Phi) is 3.89. The number of carbonyl (C=O) groups excluding carboxylic acids is 2. The third-order valence-corrected chi connectivity index (χ3v) is 4.12. The average molecular weight is 292 g/mol. The van der Waals surface area contributed by atoms with E-state index in [1.165, 1.54) is 6.92 Å². The van der Waals surface area contributed by atoms with E-state index < -0.39 is 11.4 Å². The Balaban J connectivity index is 2.18. The Morgan fingerprint density at radius 2 is 1.95 bits per heavy atom. The van der Waals surface area contributed by atoms with Crippen LogP contribution >= 0.6 is 0 Å². The van der Waals surface area contributed by atoms with Crippen LogP contribution in [0.4, 0.5) is 0 Å². The number of carbonyl (C=O) groups is 3. The number of Topliss-reactive ketones (excluding diaryl/α,β-unsaturated/α-hetero) is 1. The maximum atomic E-state index is 12.3. The van der Waals surface area contributed by atoms with E-state index in [9.17, 15) is 14.4 Å². The normalized spacial score (nSPS) is 15.6. The highest BCUT2D eigenvalue weighted by Gasteiger charge is 2.50. The van der Waals surface area contributed by atoms with Crippen LogP contribution in [0.1, 0.15) is 58.8 Å². The molecule has 1 aromatic heterocycles. The second-order valence-corrected chi connectivity index (χ2v) is 5.66. The summed E-state index contributed by atoms with van der Waals surface area (Å²) in [6.45, 7) is 5.23. The van der Waals surface area contributed by atoms with E-state index in [1.807, 2.05) is 6.92 Å². The van der Waals surface area contributed by atoms with Crippen LogP contribution in [0.3, 0.4) is 0 Å². The van der Waals surface area contributed by atoms with Crippen molar-refractivity contribution in [3.63, 3.8) is 0 Å². The molecule has 6 nitrogen and oxygen atoms in total. The number of aromatic nitrogens is 1. The summed E-state index contributed by atoms with van der Waals surface area (Å²) >= 11 is 0. The smallest absolute Gasteiger partial charge is 0.311 e. The zero-order valence-corrected chi connectivity index (χ0v) is 12.5. The molecule has 2 rings (SSSR count). The van der Waals surface area contributed by atoms with Gasteiger partial charge in [-0.3, -0.25) is 14.4 Å². The zero-order chi connectivity index (χ0) is 15.8. The van der Waals surface area contributed by atoms with Gasteiger partial charge in [-0.2, -0.15) is 0 Å². The molecule has 6 heteroatoms. The van der Waals surface area contributed by atoms with Gasteiger partial charge in [-0.15, -0.1) is 0 Å². The molecule has 1 fully saturated rings. The van der Waals surface area contributed by atoms with Gasteiger partial charge in [0, 0.05) is 17.8 Å². The number of amides is 1. The van der Waals surface area contributed by atoms with Crippen molar-refractivity contribution in [2.45, 2.75) is 40.0 Å². The molecule has 114 valence electrons. The van der Waals surface area contributed by atoms with Crippen molar-refractivity contribution in [2.75, 3.05) is 6.54 Å². The van der Waals surface area contributed by atoms with Crippen LogP contribution in [0.5, 0.6) is 0 Å². The molecule has 0 bridgehead atoms. The molecule has 0 aliphatic heterocycles. The Morgan fingerprint density at radius 3 is 2.38 bits per heavy atom. The second kappa shape index (κ2) is 5.35. The van der Waals surface area contributed by atoms with Crippen molar-refractivity contribution in [3.05, 3.63) is 22.5 Å². The fourth-order valence-corrected chi connectivity index (χ4v) is 2.66. The minimum absolute atomic E-state index is 0.0798. The third kappa shape index (κ3) is 2.70. The molecule has 0 atom stereocenters. The SMILES string of the molecule is CCc1c(C(=O)NCC2(C(=O)O)CC2)[nH]c(C)c1C(C)=O. The van der Waals surface area contributed by atoms with Gasteiger partial charge in [0.15, 0.2) is 5.78 Å². The van der Waals surface area contributed by atoms with Crippen LogP contribution < -0.4 is 5.32 Å². The number of hydrogen-bond acceptors (Lipinski definition) is 3. The minimum Gasteiger partial charge on any atom is -0.481 e. The molecular formula is C15H20N2O4. The first-order valence-electron chi connectivity index (χ1n) is 7.06. The average Bonchev–Trinajstić information content (AvgIpc) is 3.13. The highest BCUT2D eigenvalue weighted by Crippen LogP contribution is 2.45. The van der Waals surface area contributed by atoms with E-state index in [0.717, 1.165) is 0 Å². The fourth-order valence-electron chi connectivity index (χ4n) is 2.66. The summed E-state index contributed by atoms with van der Waals surface area (Å²) in [7, 11) is 0. The van der Waals surface area contributed by atoms with Gasteiger partial charge >= 0.3 is 5.97 Å². The molecule has 1 amide bonds. The van der Waals surface area contributed by atoms with Gasteiger partial charge in [0.25, 0.3) is 5.91 Å². The molecule has 1 saturated carbocycles. The maximum Gasteiger partial charge on any atom is 0.311 e. The Labute approximate surface area is 122 Å². The predicted octanol–water partition coefficient (Wildman–Crippen LogP) is 1.68. The molecule has 1 heterocycles. The Morgan fingerprint density at radius 1 is 1.33 bits per heavy atom. The summed E-state index contributed by atoms with van der Waals surface area (Å²) in [6, 6.07) is 0. The van der Waals surface area contributed by atoms with Crippen LogP contribution in [-0.4, -0.2) is 34.3 Å². The number of aryl methyl sites for hydroxylation is 1. The highest BCUT2D eigenvalue weighted by molar-refractivity contribution is 6.02. The molecule has 0 saturated heterocycles. The van der Waals surface area contributed by atoms with Gasteiger partial charge < -0.3 is 15.4 Å². The molecule has 0 radical (unpaired) electrons. The topological polar surface area (TPSA) is 99.3 Å². The van der Waals surface area contributed by atoms with E-state index in [2.05, 4.69) is 10.3 Å². The number of H-pyrrole nitrogens is 1. The lowest BCUT2D eigenvalue weighted by Crippen LogP contribution is -2.34. The Hall–Kier alpha value is -2.11. The first-order valence-corrected chi connectivity index (χ1v) is 7.06. The van der Waals surface area contributed by atoms with Gasteiger partial charge in [0.1, 0.15) is 5.69 Å². The predicted molar refractivity (Wildman–Crippen MR) is 76.5 cm³/mol. The second-order valence-electron chi connectivity index (χ2n) is 5.66. The van der Waals surface area contributed by atoms with Crippen molar-refractivity contribution in [1.82, 2.24) is 10.3 Å². The monoisotopic (exact) mass is 292 g/mol. The van der Waals surface area contributed by atoms with Gasteiger partial charge in [0.05, 0.1) is 5.41 Å². The van der Waals surface area contributed by atoms with Crippen LogP contribution in [0.25, 0.3) is 0 Å². The van der Waals surface area contributed by atoms with Gasteiger partial charge in [-0.05, 0) is 38.7 Å². The highest BCUT2D eigenvalue weighted by atomic mass is 16.4. The molecule has 0 spiro atoms. The summed E-state index contributed by atoms with van der Waals surface area (Å²) in [4.78, 5) is 38.0. The van der Waals surface area contributed by atoms with Crippen LogP contribution in [0.2, 0.25) is 0 Å². The number of ketones is 1. The standard InChI is InChI=1S/C15H20N2O4/c1-4-10-11(9(3)18)8(2)17-12(10)13(19)16-7-15(5-6-15)14(20)21/h17H,4-7H2,1-3H3,(H,16,19)(H,20,21). The van der Waals surface area contributed by atoms with E-state index >= 15 is 0 Å². The van der Waals surface area contributed by atoms with Crippen molar-refractivity contribution >= 4 is 17.7 Å². The summed E-state index contributed by atoms with van der Waals surface area (Å²) in [5, 5.41) is 11.8. The molecule has 21 heavy (non-hydrogen) atoms. The third-order valence-electron chi connectivity index (χ3n) is 4.12. The summed E-state index contributed by atoms with van der Waals surface area (Å²) < 4.78 is 0. The number of hydrogen-bond donors (Lipinski definition) is 3. The fraction of sp³-hybridized carbons (Fsp3) is 0.533. The van der Waals surface area contributed by atoms with Crippen molar-refractivity contribution in [3.8, 4) is 0 Å². The lowest BCUT2D eigenvalue weighted by Gasteiger charge is -2.11. The van der Waals surface area contributed by atoms with Crippen molar-refractivity contribution in [1.29, 1.82) is 0 Å². The number of carboxylic acids is 1. The summed E-state index contributed by atoms with van der Waals surface area (Å²) in [5.41, 5.74) is 1.48. The van der Waals surface area contributed by atoms with Gasteiger partial charge in [0.2, 0.25) is 0 Å². The zero-order valence-electron chi connectivity index (χ0n) is 12.5. The van der Waals surface area contributed by atoms with E-state index in [4.69, 9.17) is 5.11 Å². The number of rotatable bonds is 6. The van der Waals surface area contributed by atoms with E-state index in [1.54, 1.807) is 6.92 Å². The van der Waals surface area contributed by atoms with Crippen molar-refractivity contribution < 1.29 is 19.5 Å². The lowest BCUT2D eigenvalue weighted by atomic mass is 10.0. The number of carboxylic acid groups (broad SMARTS) is 1. The molecule has 0 aromatic carbocycles. The number of aromatic amines is 1. The minimum atomic E-state index is -0.870. The first kappa shape index (κ1) is 15.3. The van der Waals surface area contributed by atoms with E-state index in [-0.39, 0.29) is 18.2 Å². The summed E-state index contributed by atoms with van der Waals surface area (Å²) in [5.74, 6) is -1.30. The largest absolute Gasteiger partial charge is 0.481 e. The molecule has 1 aliphatic carbocycles. The van der Waals surface area contributed by atoms with Crippen LogP contribution in [0, 0.1) is 12.3 Å². The van der Waals surface area contributed by atoms with Crippen molar-refractivity contribution in [2.24, 2.45) is 5.41 Å².